The summed E-state index contributed by atoms with van der Waals surface area (Å²) >= 11 is 3.41. The Hall–Kier alpha value is -2.61. The summed E-state index contributed by atoms with van der Waals surface area (Å²) in [6, 6.07) is 12.5. The molecule has 0 unspecified atom stereocenters. The van der Waals surface area contributed by atoms with Crippen molar-refractivity contribution < 1.29 is 9.18 Å². The normalized spacial score (nSPS) is 10.8. The van der Waals surface area contributed by atoms with Crippen molar-refractivity contribution in [2.45, 2.75) is 32.6 Å². The second kappa shape index (κ2) is 8.85. The quantitative estimate of drug-likeness (QED) is 0.568. The zero-order valence-electron chi connectivity index (χ0n) is 14.8. The number of benzene rings is 2. The summed E-state index contributed by atoms with van der Waals surface area (Å²) in [6.45, 7) is 1.74. The third kappa shape index (κ3) is 5.19. The van der Waals surface area contributed by atoms with E-state index in [0.717, 1.165) is 23.7 Å². The number of anilines is 1. The summed E-state index contributed by atoms with van der Waals surface area (Å²) in [5.41, 5.74) is 1.94. The van der Waals surface area contributed by atoms with Gasteiger partial charge in [0.2, 0.25) is 5.91 Å². The van der Waals surface area contributed by atoms with Crippen LogP contribution in [0.2, 0.25) is 0 Å². The molecule has 0 saturated carbocycles. The number of nitrogens with one attached hydrogen (secondary N) is 1. The zero-order valence-corrected chi connectivity index (χ0v) is 16.4. The zero-order chi connectivity index (χ0) is 19.2. The van der Waals surface area contributed by atoms with Gasteiger partial charge in [-0.1, -0.05) is 28.1 Å². The summed E-state index contributed by atoms with van der Waals surface area (Å²) in [5.74, 6) is -0.130. The lowest BCUT2D eigenvalue weighted by Gasteiger charge is -2.09. The number of hydrogen-bond donors (Lipinski definition) is 1. The molecular weight excluding hydrogens is 413 g/mol. The smallest absolute Gasteiger partial charge is 0.224 e. The van der Waals surface area contributed by atoms with E-state index in [0.29, 0.717) is 17.9 Å². The minimum Gasteiger partial charge on any atom is -0.324 e. The van der Waals surface area contributed by atoms with Gasteiger partial charge < -0.3 is 5.32 Å². The molecule has 3 rings (SSSR count). The first kappa shape index (κ1) is 19.2. The Balaban J connectivity index is 1.53. The molecule has 1 amide bonds. The standard InChI is InChI=1S/C19H19BrFN5O/c1-13-23-24-25-26(13)16-10-11-17(21)18(12-16)22-19(27)5-3-2-4-14-6-8-15(20)9-7-14/h6-12H,2-5H2,1H3,(H,22,27). The first-order chi connectivity index (χ1) is 13.0. The second-order valence-corrected chi connectivity index (χ2v) is 7.10. The van der Waals surface area contributed by atoms with Crippen molar-refractivity contribution in [3.63, 3.8) is 0 Å². The fraction of sp³-hybridized carbons (Fsp3) is 0.263. The van der Waals surface area contributed by atoms with Crippen LogP contribution in [0.25, 0.3) is 5.69 Å². The number of amides is 1. The molecule has 0 aliphatic heterocycles. The number of halogens is 2. The number of rotatable bonds is 7. The van der Waals surface area contributed by atoms with Gasteiger partial charge in [0.1, 0.15) is 5.82 Å². The molecule has 0 saturated heterocycles. The molecule has 1 heterocycles. The van der Waals surface area contributed by atoms with E-state index in [4.69, 9.17) is 0 Å². The third-order valence-corrected chi connectivity index (χ3v) is 4.66. The Kier molecular flexibility index (Phi) is 6.28. The van der Waals surface area contributed by atoms with E-state index >= 15 is 0 Å². The Bertz CT molecular complexity index is 926. The van der Waals surface area contributed by atoms with Crippen LogP contribution in [0.4, 0.5) is 10.1 Å². The average Bonchev–Trinajstić information content (AvgIpc) is 3.08. The SMILES string of the molecule is Cc1nnnn1-c1ccc(F)c(NC(=O)CCCCc2ccc(Br)cc2)c1. The van der Waals surface area contributed by atoms with Crippen molar-refractivity contribution >= 4 is 27.5 Å². The van der Waals surface area contributed by atoms with Crippen LogP contribution in [0.3, 0.4) is 0 Å². The highest BCUT2D eigenvalue weighted by molar-refractivity contribution is 9.10. The number of nitrogens with zero attached hydrogens (tertiary/aromatic N) is 4. The topological polar surface area (TPSA) is 72.7 Å². The molecule has 1 aromatic heterocycles. The molecule has 6 nitrogen and oxygen atoms in total. The Morgan fingerprint density at radius 1 is 1.19 bits per heavy atom. The average molecular weight is 432 g/mol. The number of hydrogen-bond acceptors (Lipinski definition) is 4. The minimum absolute atomic E-state index is 0.125. The van der Waals surface area contributed by atoms with Gasteiger partial charge in [-0.3, -0.25) is 4.79 Å². The largest absolute Gasteiger partial charge is 0.324 e. The van der Waals surface area contributed by atoms with Crippen molar-refractivity contribution in [3.8, 4) is 5.69 Å². The van der Waals surface area contributed by atoms with Gasteiger partial charge in [0.15, 0.2) is 5.82 Å². The fourth-order valence-corrected chi connectivity index (χ4v) is 2.95. The molecule has 8 heteroatoms. The van der Waals surface area contributed by atoms with E-state index < -0.39 is 5.82 Å². The first-order valence-corrected chi connectivity index (χ1v) is 9.41. The highest BCUT2D eigenvalue weighted by Gasteiger charge is 2.11. The van der Waals surface area contributed by atoms with Crippen LogP contribution in [0.15, 0.2) is 46.9 Å². The number of carbonyl (C=O) groups is 1. The van der Waals surface area contributed by atoms with Crippen molar-refractivity contribution in [1.29, 1.82) is 0 Å². The highest BCUT2D eigenvalue weighted by Crippen LogP contribution is 2.20. The maximum atomic E-state index is 14.0. The van der Waals surface area contributed by atoms with Gasteiger partial charge >= 0.3 is 0 Å². The predicted molar refractivity (Wildman–Crippen MR) is 104 cm³/mol. The molecule has 0 radical (unpaired) electrons. The maximum Gasteiger partial charge on any atom is 0.224 e. The fourth-order valence-electron chi connectivity index (χ4n) is 2.69. The summed E-state index contributed by atoms with van der Waals surface area (Å²) in [6.07, 6.45) is 2.86. The van der Waals surface area contributed by atoms with Crippen LogP contribution in [0.5, 0.6) is 0 Å². The molecule has 0 atom stereocenters. The van der Waals surface area contributed by atoms with Crippen LogP contribution in [0, 0.1) is 12.7 Å². The molecule has 0 spiro atoms. The Morgan fingerprint density at radius 2 is 1.96 bits per heavy atom. The van der Waals surface area contributed by atoms with Crippen LogP contribution in [-0.4, -0.2) is 26.1 Å². The molecule has 27 heavy (non-hydrogen) atoms. The van der Waals surface area contributed by atoms with E-state index in [1.54, 1.807) is 13.0 Å². The Morgan fingerprint density at radius 3 is 2.67 bits per heavy atom. The van der Waals surface area contributed by atoms with Crippen LogP contribution < -0.4 is 5.32 Å². The van der Waals surface area contributed by atoms with Crippen molar-refractivity contribution in [3.05, 3.63) is 64.1 Å². The summed E-state index contributed by atoms with van der Waals surface area (Å²) in [4.78, 5) is 12.2. The van der Waals surface area contributed by atoms with Gasteiger partial charge in [0.25, 0.3) is 0 Å². The van der Waals surface area contributed by atoms with E-state index in [1.807, 2.05) is 12.1 Å². The molecule has 140 valence electrons. The van der Waals surface area contributed by atoms with Gasteiger partial charge in [-0.2, -0.15) is 4.68 Å². The Labute approximate surface area is 164 Å². The van der Waals surface area contributed by atoms with E-state index in [9.17, 15) is 9.18 Å². The lowest BCUT2D eigenvalue weighted by Crippen LogP contribution is -2.13. The van der Waals surface area contributed by atoms with Crippen LogP contribution >= 0.6 is 15.9 Å². The predicted octanol–water partition coefficient (Wildman–Crippen LogP) is 4.22. The van der Waals surface area contributed by atoms with Gasteiger partial charge in [0.05, 0.1) is 11.4 Å². The summed E-state index contributed by atoms with van der Waals surface area (Å²) < 4.78 is 16.6. The minimum atomic E-state index is -0.493. The molecule has 0 aliphatic rings. The second-order valence-electron chi connectivity index (χ2n) is 6.18. The number of tetrazole rings is 1. The van der Waals surface area contributed by atoms with Crippen LogP contribution in [-0.2, 0) is 11.2 Å². The lowest BCUT2D eigenvalue weighted by molar-refractivity contribution is -0.116. The summed E-state index contributed by atoms with van der Waals surface area (Å²) in [7, 11) is 0. The van der Waals surface area contributed by atoms with Gasteiger partial charge in [-0.15, -0.1) is 5.10 Å². The molecular formula is C19H19BrFN5O. The number of carbonyl (C=O) groups excluding carboxylic acids is 1. The lowest BCUT2D eigenvalue weighted by atomic mass is 10.1. The third-order valence-electron chi connectivity index (χ3n) is 4.13. The van der Waals surface area contributed by atoms with E-state index in [-0.39, 0.29) is 11.6 Å². The molecule has 2 aromatic carbocycles. The number of unbranched alkanes of at least 4 members (excludes halogenated alkanes) is 1. The molecule has 0 aliphatic carbocycles. The van der Waals surface area contributed by atoms with E-state index in [1.165, 1.54) is 22.4 Å². The highest BCUT2D eigenvalue weighted by atomic mass is 79.9. The van der Waals surface area contributed by atoms with Gasteiger partial charge in [-0.05, 0) is 72.5 Å². The summed E-state index contributed by atoms with van der Waals surface area (Å²) in [5, 5.41) is 13.9. The monoisotopic (exact) mass is 431 g/mol. The number of aryl methyl sites for hydroxylation is 2. The van der Waals surface area contributed by atoms with Gasteiger partial charge in [-0.25, -0.2) is 4.39 Å². The van der Waals surface area contributed by atoms with Crippen molar-refractivity contribution in [2.24, 2.45) is 0 Å². The molecule has 3 aromatic rings. The van der Waals surface area contributed by atoms with Crippen molar-refractivity contribution in [2.75, 3.05) is 5.32 Å². The molecule has 0 fully saturated rings. The van der Waals surface area contributed by atoms with Crippen molar-refractivity contribution in [1.82, 2.24) is 20.2 Å². The number of aromatic nitrogens is 4. The maximum absolute atomic E-state index is 14.0. The van der Waals surface area contributed by atoms with Gasteiger partial charge in [0, 0.05) is 10.9 Å². The van der Waals surface area contributed by atoms with E-state index in [2.05, 4.69) is 48.9 Å². The first-order valence-electron chi connectivity index (χ1n) is 8.62. The molecule has 1 N–H and O–H groups in total. The van der Waals surface area contributed by atoms with Crippen LogP contribution in [0.1, 0.15) is 30.7 Å². The molecule has 0 bridgehead atoms.